The van der Waals surface area contributed by atoms with Crippen LogP contribution in [-0.2, 0) is 19.8 Å². The van der Waals surface area contributed by atoms with E-state index in [2.05, 4.69) is 15.8 Å². The Morgan fingerprint density at radius 1 is 1.03 bits per heavy atom. The van der Waals surface area contributed by atoms with Crippen molar-refractivity contribution in [3.63, 3.8) is 0 Å². The molecule has 2 heterocycles. The first-order valence-corrected chi connectivity index (χ1v) is 9.79. The maximum absolute atomic E-state index is 12.6. The molecular formula is C24H22N4O3. The quantitative estimate of drug-likeness (QED) is 0.575. The van der Waals surface area contributed by atoms with E-state index in [0.29, 0.717) is 11.4 Å². The number of primary amides is 1. The Morgan fingerprint density at radius 3 is 2.39 bits per heavy atom. The summed E-state index contributed by atoms with van der Waals surface area (Å²) in [6.45, 7) is 1.79. The molecule has 1 aliphatic rings. The lowest BCUT2D eigenvalue weighted by atomic mass is 9.75. The van der Waals surface area contributed by atoms with Crippen LogP contribution in [0.4, 0.5) is 5.69 Å². The Labute approximate surface area is 179 Å². The molecule has 3 aromatic rings. The molecule has 1 aromatic heterocycles. The van der Waals surface area contributed by atoms with Gasteiger partial charge in [0.05, 0.1) is 11.1 Å². The van der Waals surface area contributed by atoms with Crippen molar-refractivity contribution in [1.82, 2.24) is 10.5 Å². The van der Waals surface area contributed by atoms with Crippen molar-refractivity contribution in [3.8, 4) is 0 Å². The highest BCUT2D eigenvalue weighted by molar-refractivity contribution is 5.97. The molecule has 2 amide bonds. The average molecular weight is 414 g/mol. The van der Waals surface area contributed by atoms with Crippen molar-refractivity contribution in [2.75, 3.05) is 5.32 Å². The van der Waals surface area contributed by atoms with Crippen molar-refractivity contribution in [3.05, 3.63) is 102 Å². The Bertz CT molecular complexity index is 1110. The summed E-state index contributed by atoms with van der Waals surface area (Å²) in [5.74, 6) is -0.770. The molecule has 2 atom stereocenters. The minimum atomic E-state index is -0.982. The molecule has 4 N–H and O–H groups in total. The highest BCUT2D eigenvalue weighted by Gasteiger charge is 2.35. The third-order valence-corrected chi connectivity index (χ3v) is 5.42. The number of hydroxylamine groups is 1. The largest absolute Gasteiger partial charge is 0.369 e. The summed E-state index contributed by atoms with van der Waals surface area (Å²) in [6, 6.07) is 20.1. The molecule has 156 valence electrons. The predicted octanol–water partition coefficient (Wildman–Crippen LogP) is 2.76. The van der Waals surface area contributed by atoms with Crippen molar-refractivity contribution in [2.45, 2.75) is 18.4 Å². The average Bonchev–Trinajstić information content (AvgIpc) is 3.31. The van der Waals surface area contributed by atoms with E-state index in [9.17, 15) is 9.59 Å². The Morgan fingerprint density at radius 2 is 1.74 bits per heavy atom. The fraction of sp³-hybridized carbons (Fsp3) is 0.125. The first kappa shape index (κ1) is 20.3. The first-order chi connectivity index (χ1) is 15.0. The zero-order valence-corrected chi connectivity index (χ0v) is 16.9. The third-order valence-electron chi connectivity index (χ3n) is 5.42. The molecule has 4 rings (SSSR count). The highest BCUT2D eigenvalue weighted by atomic mass is 16.7. The normalized spacial score (nSPS) is 17.2. The van der Waals surface area contributed by atoms with Gasteiger partial charge in [0.2, 0.25) is 5.91 Å². The zero-order chi connectivity index (χ0) is 21.8. The number of amides is 2. The number of benzene rings is 2. The molecule has 1 aliphatic heterocycles. The minimum Gasteiger partial charge on any atom is -0.369 e. The molecule has 2 aromatic carbocycles. The SMILES string of the molecule is CC(C(N)=O)(c1ccccc1)c1ccc(NC(=O)C2C=C(c3cccnc3)NO2)cc1. The van der Waals surface area contributed by atoms with E-state index in [0.717, 1.165) is 16.7 Å². The molecular weight excluding hydrogens is 392 g/mol. The van der Waals surface area contributed by atoms with Gasteiger partial charge in [-0.15, -0.1) is 0 Å². The molecule has 0 aliphatic carbocycles. The molecule has 0 spiro atoms. The number of nitrogens with zero attached hydrogens (tertiary/aromatic N) is 1. The van der Waals surface area contributed by atoms with Gasteiger partial charge in [0.25, 0.3) is 5.91 Å². The molecule has 2 unspecified atom stereocenters. The van der Waals surface area contributed by atoms with E-state index in [-0.39, 0.29) is 5.91 Å². The summed E-state index contributed by atoms with van der Waals surface area (Å²) in [4.78, 5) is 34.4. The summed E-state index contributed by atoms with van der Waals surface area (Å²) in [7, 11) is 0. The Balaban J connectivity index is 1.49. The van der Waals surface area contributed by atoms with Gasteiger partial charge in [-0.25, -0.2) is 0 Å². The molecule has 7 nitrogen and oxygen atoms in total. The van der Waals surface area contributed by atoms with Crippen molar-refractivity contribution in [1.29, 1.82) is 0 Å². The highest BCUT2D eigenvalue weighted by Crippen LogP contribution is 2.32. The van der Waals surface area contributed by atoms with E-state index < -0.39 is 17.4 Å². The van der Waals surface area contributed by atoms with Crippen molar-refractivity contribution < 1.29 is 14.4 Å². The second-order valence-electron chi connectivity index (χ2n) is 7.38. The summed E-state index contributed by atoms with van der Waals surface area (Å²) in [6.07, 6.45) is 4.27. The van der Waals surface area contributed by atoms with Crippen LogP contribution in [0.5, 0.6) is 0 Å². The van der Waals surface area contributed by atoms with Crippen LogP contribution in [0.1, 0.15) is 23.6 Å². The van der Waals surface area contributed by atoms with E-state index in [1.807, 2.05) is 42.5 Å². The number of rotatable bonds is 6. The van der Waals surface area contributed by atoms with Crippen LogP contribution in [0.15, 0.2) is 85.2 Å². The smallest absolute Gasteiger partial charge is 0.260 e. The molecule has 31 heavy (non-hydrogen) atoms. The van der Waals surface area contributed by atoms with Crippen LogP contribution in [0.25, 0.3) is 5.70 Å². The van der Waals surface area contributed by atoms with Gasteiger partial charge in [-0.05, 0) is 48.4 Å². The second-order valence-corrected chi connectivity index (χ2v) is 7.38. The van der Waals surface area contributed by atoms with E-state index in [1.165, 1.54) is 0 Å². The summed E-state index contributed by atoms with van der Waals surface area (Å²) >= 11 is 0. The van der Waals surface area contributed by atoms with Gasteiger partial charge < -0.3 is 11.1 Å². The predicted molar refractivity (Wildman–Crippen MR) is 117 cm³/mol. The number of carbonyl (C=O) groups is 2. The lowest BCUT2D eigenvalue weighted by Gasteiger charge is -2.27. The minimum absolute atomic E-state index is 0.320. The molecule has 0 saturated carbocycles. The molecule has 7 heteroatoms. The van der Waals surface area contributed by atoms with Crippen LogP contribution < -0.4 is 16.5 Å². The number of aromatic nitrogens is 1. The van der Waals surface area contributed by atoms with Gasteiger partial charge in [-0.2, -0.15) is 0 Å². The first-order valence-electron chi connectivity index (χ1n) is 9.79. The van der Waals surface area contributed by atoms with Gasteiger partial charge in [0.1, 0.15) is 0 Å². The number of hydrogen-bond donors (Lipinski definition) is 3. The fourth-order valence-electron chi connectivity index (χ4n) is 3.48. The van der Waals surface area contributed by atoms with Gasteiger partial charge in [-0.1, -0.05) is 42.5 Å². The van der Waals surface area contributed by atoms with Gasteiger partial charge in [0, 0.05) is 23.6 Å². The van der Waals surface area contributed by atoms with E-state index >= 15 is 0 Å². The van der Waals surface area contributed by atoms with Gasteiger partial charge >= 0.3 is 0 Å². The maximum Gasteiger partial charge on any atom is 0.260 e. The summed E-state index contributed by atoms with van der Waals surface area (Å²) in [5.41, 5.74) is 11.2. The van der Waals surface area contributed by atoms with E-state index in [1.54, 1.807) is 49.7 Å². The van der Waals surface area contributed by atoms with Crippen LogP contribution in [-0.4, -0.2) is 22.9 Å². The lowest BCUT2D eigenvalue weighted by Crippen LogP contribution is -2.39. The Kier molecular flexibility index (Phi) is 5.51. The standard InChI is InChI=1S/C24H22N4O3/c1-24(23(25)30,17-7-3-2-4-8-17)18-9-11-19(12-10-18)27-22(29)21-14-20(28-31-21)16-6-5-13-26-15-16/h2-15,21,28H,1H3,(H2,25,30)(H,27,29). The van der Waals surface area contributed by atoms with Crippen molar-refractivity contribution >= 4 is 23.2 Å². The van der Waals surface area contributed by atoms with Gasteiger partial charge in [0.15, 0.2) is 6.10 Å². The fourth-order valence-corrected chi connectivity index (χ4v) is 3.48. The zero-order valence-electron chi connectivity index (χ0n) is 16.9. The number of anilines is 1. The molecule has 0 fully saturated rings. The maximum atomic E-state index is 12.6. The molecule has 0 bridgehead atoms. The summed E-state index contributed by atoms with van der Waals surface area (Å²) < 4.78 is 0. The van der Waals surface area contributed by atoms with Crippen LogP contribution in [0.3, 0.4) is 0 Å². The van der Waals surface area contributed by atoms with Crippen LogP contribution in [0, 0.1) is 0 Å². The van der Waals surface area contributed by atoms with Gasteiger partial charge in [-0.3, -0.25) is 24.9 Å². The lowest BCUT2D eigenvalue weighted by molar-refractivity contribution is -0.125. The van der Waals surface area contributed by atoms with Crippen LogP contribution >= 0.6 is 0 Å². The molecule has 0 radical (unpaired) electrons. The number of pyridine rings is 1. The number of hydrogen-bond acceptors (Lipinski definition) is 5. The number of nitrogens with two attached hydrogens (primary N) is 1. The topological polar surface area (TPSA) is 106 Å². The third kappa shape index (κ3) is 4.04. The number of carbonyl (C=O) groups excluding carboxylic acids is 2. The summed E-state index contributed by atoms with van der Waals surface area (Å²) in [5, 5.41) is 2.82. The van der Waals surface area contributed by atoms with Crippen LogP contribution in [0.2, 0.25) is 0 Å². The van der Waals surface area contributed by atoms with Crippen molar-refractivity contribution in [2.24, 2.45) is 5.73 Å². The Hall–Kier alpha value is -3.97. The monoisotopic (exact) mass is 414 g/mol. The molecule has 0 saturated heterocycles. The van der Waals surface area contributed by atoms with E-state index in [4.69, 9.17) is 10.6 Å². The second kappa shape index (κ2) is 8.41. The number of nitrogens with one attached hydrogen (secondary N) is 2.